The molecule has 0 aliphatic carbocycles. The number of halogens is 1. The van der Waals surface area contributed by atoms with E-state index in [2.05, 4.69) is 56.0 Å². The van der Waals surface area contributed by atoms with Gasteiger partial charge in [-0.1, -0.05) is 49.4 Å². The molecule has 0 saturated carbocycles. The number of aryl methyl sites for hydroxylation is 1. The first-order chi connectivity index (χ1) is 11.7. The number of nitrogens with one attached hydrogen (secondary N) is 2. The molecule has 0 radical (unpaired) electrons. The molecule has 0 unspecified atom stereocenters. The molecule has 136 valence electrons. The van der Waals surface area contributed by atoms with Gasteiger partial charge in [0, 0.05) is 26.1 Å². The zero-order chi connectivity index (χ0) is 17.2. The number of hydrogen-bond acceptors (Lipinski definition) is 3. The Balaban J connectivity index is 0.00000312. The van der Waals surface area contributed by atoms with Gasteiger partial charge in [0.1, 0.15) is 12.2 Å². The second-order valence-corrected chi connectivity index (χ2v) is 5.68. The van der Waals surface area contributed by atoms with Crippen molar-refractivity contribution < 1.29 is 0 Å². The molecule has 1 aromatic carbocycles. The van der Waals surface area contributed by atoms with Gasteiger partial charge < -0.3 is 15.2 Å². The molecule has 2 rings (SSSR count). The van der Waals surface area contributed by atoms with Gasteiger partial charge >= 0.3 is 0 Å². The van der Waals surface area contributed by atoms with Crippen molar-refractivity contribution in [3.05, 3.63) is 60.2 Å². The first kappa shape index (κ1) is 21.1. The highest BCUT2D eigenvalue weighted by molar-refractivity contribution is 14.0. The van der Waals surface area contributed by atoms with E-state index in [9.17, 15) is 0 Å². The molecule has 2 aromatic rings. The molecule has 0 aliphatic rings. The highest BCUT2D eigenvalue weighted by Gasteiger charge is 2.03. The SMILES string of the molecule is C=C(C)CNC(=NCc1ccccc1)NCCn1cnnc1CC.I. The lowest BCUT2D eigenvalue weighted by molar-refractivity contribution is 0.633. The molecule has 0 spiro atoms. The van der Waals surface area contributed by atoms with Gasteiger partial charge in [-0.25, -0.2) is 4.99 Å². The van der Waals surface area contributed by atoms with Crippen LogP contribution in [-0.4, -0.2) is 33.8 Å². The summed E-state index contributed by atoms with van der Waals surface area (Å²) in [4.78, 5) is 4.64. The molecule has 0 atom stereocenters. The molecular formula is C18H27IN6. The molecule has 2 N–H and O–H groups in total. The fourth-order valence-electron chi connectivity index (χ4n) is 2.20. The molecule has 0 amide bonds. The molecule has 0 aliphatic heterocycles. The maximum atomic E-state index is 4.64. The lowest BCUT2D eigenvalue weighted by Crippen LogP contribution is -2.39. The van der Waals surface area contributed by atoms with Crippen LogP contribution in [-0.2, 0) is 19.5 Å². The summed E-state index contributed by atoms with van der Waals surface area (Å²) >= 11 is 0. The van der Waals surface area contributed by atoms with Crippen molar-refractivity contribution in [3.63, 3.8) is 0 Å². The van der Waals surface area contributed by atoms with Crippen molar-refractivity contribution in [3.8, 4) is 0 Å². The first-order valence-electron chi connectivity index (χ1n) is 8.26. The van der Waals surface area contributed by atoms with Gasteiger partial charge in [-0.3, -0.25) is 0 Å². The van der Waals surface area contributed by atoms with Gasteiger partial charge in [-0.2, -0.15) is 0 Å². The van der Waals surface area contributed by atoms with Crippen molar-refractivity contribution in [2.24, 2.45) is 4.99 Å². The number of aromatic nitrogens is 3. The van der Waals surface area contributed by atoms with E-state index in [4.69, 9.17) is 0 Å². The summed E-state index contributed by atoms with van der Waals surface area (Å²) in [6.07, 6.45) is 2.64. The Morgan fingerprint density at radius 3 is 2.68 bits per heavy atom. The van der Waals surface area contributed by atoms with E-state index >= 15 is 0 Å². The van der Waals surface area contributed by atoms with Crippen LogP contribution in [0.2, 0.25) is 0 Å². The molecule has 0 fully saturated rings. The van der Waals surface area contributed by atoms with Gasteiger partial charge in [0.15, 0.2) is 5.96 Å². The van der Waals surface area contributed by atoms with Crippen LogP contribution < -0.4 is 10.6 Å². The number of aliphatic imine (C=N–C) groups is 1. The average molecular weight is 454 g/mol. The fraction of sp³-hybridized carbons (Fsp3) is 0.389. The molecule has 1 heterocycles. The normalized spacial score (nSPS) is 10.9. The van der Waals surface area contributed by atoms with Gasteiger partial charge in [0.05, 0.1) is 6.54 Å². The Hall–Kier alpha value is -1.90. The smallest absolute Gasteiger partial charge is 0.191 e. The second kappa shape index (κ2) is 11.6. The van der Waals surface area contributed by atoms with E-state index < -0.39 is 0 Å². The Morgan fingerprint density at radius 1 is 1.24 bits per heavy atom. The molecule has 1 aromatic heterocycles. The number of rotatable bonds is 8. The van der Waals surface area contributed by atoms with Gasteiger partial charge in [0.2, 0.25) is 0 Å². The Labute approximate surface area is 166 Å². The standard InChI is InChI=1S/C18H26N6.HI/c1-4-17-23-22-14-24(17)11-10-19-18(20-12-15(2)3)21-13-16-8-6-5-7-9-16;/h5-9,14H,2,4,10-13H2,1,3H3,(H2,19,20,21);1H. The van der Waals surface area contributed by atoms with E-state index in [1.807, 2.05) is 25.1 Å². The highest BCUT2D eigenvalue weighted by atomic mass is 127. The van der Waals surface area contributed by atoms with Crippen LogP contribution in [0.5, 0.6) is 0 Å². The number of hydrogen-bond donors (Lipinski definition) is 2. The van der Waals surface area contributed by atoms with Crippen LogP contribution >= 0.6 is 24.0 Å². The van der Waals surface area contributed by atoms with E-state index in [1.165, 1.54) is 5.56 Å². The quantitative estimate of drug-likeness (QED) is 0.279. The minimum Gasteiger partial charge on any atom is -0.355 e. The summed E-state index contributed by atoms with van der Waals surface area (Å²) in [5.74, 6) is 1.78. The summed E-state index contributed by atoms with van der Waals surface area (Å²) in [7, 11) is 0. The van der Waals surface area contributed by atoms with Gasteiger partial charge in [-0.15, -0.1) is 34.2 Å². The summed E-state index contributed by atoms with van der Waals surface area (Å²) < 4.78 is 2.06. The molecular weight excluding hydrogens is 427 g/mol. The maximum Gasteiger partial charge on any atom is 0.191 e. The lowest BCUT2D eigenvalue weighted by Gasteiger charge is -2.13. The summed E-state index contributed by atoms with van der Waals surface area (Å²) in [6, 6.07) is 10.2. The zero-order valence-electron chi connectivity index (χ0n) is 14.9. The molecule has 6 nitrogen and oxygen atoms in total. The van der Waals surface area contributed by atoms with E-state index in [0.29, 0.717) is 13.1 Å². The monoisotopic (exact) mass is 454 g/mol. The van der Waals surface area contributed by atoms with Crippen LogP contribution in [0.4, 0.5) is 0 Å². The third-order valence-electron chi connectivity index (χ3n) is 3.48. The van der Waals surface area contributed by atoms with Gasteiger partial charge in [0.25, 0.3) is 0 Å². The largest absolute Gasteiger partial charge is 0.355 e. The summed E-state index contributed by atoms with van der Waals surface area (Å²) in [5, 5.41) is 14.7. The number of nitrogens with zero attached hydrogens (tertiary/aromatic N) is 4. The van der Waals surface area contributed by atoms with E-state index in [0.717, 1.165) is 36.9 Å². The van der Waals surface area contributed by atoms with E-state index in [1.54, 1.807) is 6.33 Å². The third-order valence-corrected chi connectivity index (χ3v) is 3.48. The average Bonchev–Trinajstić information content (AvgIpc) is 3.05. The molecule has 0 saturated heterocycles. The summed E-state index contributed by atoms with van der Waals surface area (Å²) in [6.45, 7) is 10.9. The van der Waals surface area contributed by atoms with Crippen molar-refractivity contribution in [1.29, 1.82) is 0 Å². The third kappa shape index (κ3) is 7.68. The maximum absolute atomic E-state index is 4.64. The van der Waals surface area contributed by atoms with Crippen LogP contribution in [0.1, 0.15) is 25.2 Å². The van der Waals surface area contributed by atoms with Crippen LogP contribution in [0, 0.1) is 0 Å². The highest BCUT2D eigenvalue weighted by Crippen LogP contribution is 2.00. The minimum atomic E-state index is 0. The topological polar surface area (TPSA) is 67.1 Å². The Bertz CT molecular complexity index is 665. The molecule has 25 heavy (non-hydrogen) atoms. The van der Waals surface area contributed by atoms with Gasteiger partial charge in [-0.05, 0) is 12.5 Å². The zero-order valence-corrected chi connectivity index (χ0v) is 17.2. The summed E-state index contributed by atoms with van der Waals surface area (Å²) in [5.41, 5.74) is 2.25. The van der Waals surface area contributed by atoms with Crippen molar-refractivity contribution in [2.45, 2.75) is 33.4 Å². The number of benzene rings is 1. The van der Waals surface area contributed by atoms with Crippen LogP contribution in [0.3, 0.4) is 0 Å². The molecule has 7 heteroatoms. The Morgan fingerprint density at radius 2 is 2.00 bits per heavy atom. The number of guanidine groups is 1. The minimum absolute atomic E-state index is 0. The van der Waals surface area contributed by atoms with Crippen molar-refractivity contribution in [1.82, 2.24) is 25.4 Å². The fourth-order valence-corrected chi connectivity index (χ4v) is 2.20. The second-order valence-electron chi connectivity index (χ2n) is 5.68. The predicted molar refractivity (Wildman–Crippen MR) is 113 cm³/mol. The van der Waals surface area contributed by atoms with Crippen LogP contribution in [0.25, 0.3) is 0 Å². The van der Waals surface area contributed by atoms with Crippen molar-refractivity contribution in [2.75, 3.05) is 13.1 Å². The Kier molecular flexibility index (Phi) is 9.83. The first-order valence-corrected chi connectivity index (χ1v) is 8.26. The van der Waals surface area contributed by atoms with Crippen LogP contribution in [0.15, 0.2) is 53.8 Å². The lowest BCUT2D eigenvalue weighted by atomic mass is 10.2. The predicted octanol–water partition coefficient (Wildman–Crippen LogP) is 2.77. The van der Waals surface area contributed by atoms with Crippen molar-refractivity contribution >= 4 is 29.9 Å². The molecule has 0 bridgehead atoms. The van der Waals surface area contributed by atoms with E-state index in [-0.39, 0.29) is 24.0 Å².